The molecule has 2 heteroatoms. The highest BCUT2D eigenvalue weighted by molar-refractivity contribution is 5.20. The van der Waals surface area contributed by atoms with E-state index in [1.54, 1.807) is 0 Å². The molecule has 2 nitrogen and oxygen atoms in total. The number of benzene rings is 1. The summed E-state index contributed by atoms with van der Waals surface area (Å²) >= 11 is 0. The van der Waals surface area contributed by atoms with E-state index in [1.807, 2.05) is 30.3 Å². The Balaban J connectivity index is 2.08. The van der Waals surface area contributed by atoms with Gasteiger partial charge in [0, 0.05) is 5.54 Å². The fourth-order valence-electron chi connectivity index (χ4n) is 1.24. The van der Waals surface area contributed by atoms with Crippen LogP contribution in [0.3, 0.4) is 0 Å². The lowest BCUT2D eigenvalue weighted by molar-refractivity contribution is 0.298. The van der Waals surface area contributed by atoms with Crippen LogP contribution in [-0.2, 0) is 0 Å². The second kappa shape index (κ2) is 5.76. The van der Waals surface area contributed by atoms with Crippen molar-refractivity contribution in [2.24, 2.45) is 0 Å². The van der Waals surface area contributed by atoms with Crippen LogP contribution in [0.25, 0.3) is 0 Å². The highest BCUT2D eigenvalue weighted by atomic mass is 16.5. The van der Waals surface area contributed by atoms with Crippen LogP contribution < -0.4 is 10.1 Å². The van der Waals surface area contributed by atoms with Gasteiger partial charge in [-0.05, 0) is 45.9 Å². The van der Waals surface area contributed by atoms with Gasteiger partial charge in [-0.1, -0.05) is 18.2 Å². The molecule has 0 aliphatic carbocycles. The molecular formula is C13H21NO. The van der Waals surface area contributed by atoms with Crippen LogP contribution in [0.1, 0.15) is 27.2 Å². The first-order valence-corrected chi connectivity index (χ1v) is 5.51. The Morgan fingerprint density at radius 2 is 1.80 bits per heavy atom. The van der Waals surface area contributed by atoms with E-state index >= 15 is 0 Å². The third-order valence-corrected chi connectivity index (χ3v) is 1.99. The standard InChI is InChI=1S/C13H21NO/c1-13(2,3)14-10-7-11-15-12-8-5-4-6-9-12/h4-6,8-9,14H,7,10-11H2,1-3H3. The van der Waals surface area contributed by atoms with Crippen LogP contribution in [0.4, 0.5) is 0 Å². The first-order valence-electron chi connectivity index (χ1n) is 5.51. The first-order chi connectivity index (χ1) is 7.08. The van der Waals surface area contributed by atoms with E-state index in [-0.39, 0.29) is 5.54 Å². The number of hydrogen-bond donors (Lipinski definition) is 1. The molecule has 0 unspecified atom stereocenters. The summed E-state index contributed by atoms with van der Waals surface area (Å²) in [6, 6.07) is 9.94. The van der Waals surface area contributed by atoms with Gasteiger partial charge in [-0.3, -0.25) is 0 Å². The Morgan fingerprint density at radius 3 is 2.40 bits per heavy atom. The van der Waals surface area contributed by atoms with Gasteiger partial charge < -0.3 is 10.1 Å². The summed E-state index contributed by atoms with van der Waals surface area (Å²) in [5.41, 5.74) is 0.201. The number of rotatable bonds is 5. The Morgan fingerprint density at radius 1 is 1.13 bits per heavy atom. The van der Waals surface area contributed by atoms with Crippen LogP contribution >= 0.6 is 0 Å². The molecule has 0 aliphatic rings. The highest BCUT2D eigenvalue weighted by Gasteiger charge is 2.06. The first kappa shape index (κ1) is 12.1. The van der Waals surface area contributed by atoms with Gasteiger partial charge in [0.2, 0.25) is 0 Å². The van der Waals surface area contributed by atoms with Gasteiger partial charge >= 0.3 is 0 Å². The molecule has 84 valence electrons. The summed E-state index contributed by atoms with van der Waals surface area (Å²) in [7, 11) is 0. The van der Waals surface area contributed by atoms with Crippen LogP contribution in [0.5, 0.6) is 5.75 Å². The maximum Gasteiger partial charge on any atom is 0.119 e. The molecule has 0 heterocycles. The summed E-state index contributed by atoms with van der Waals surface area (Å²) in [6.07, 6.45) is 1.03. The Hall–Kier alpha value is -1.02. The normalized spacial score (nSPS) is 11.4. The predicted octanol–water partition coefficient (Wildman–Crippen LogP) is 2.84. The predicted molar refractivity (Wildman–Crippen MR) is 64.3 cm³/mol. The molecule has 0 atom stereocenters. The van der Waals surface area contributed by atoms with Crippen molar-refractivity contribution in [3.63, 3.8) is 0 Å². The number of hydrogen-bond acceptors (Lipinski definition) is 2. The Kier molecular flexibility index (Phi) is 4.63. The van der Waals surface area contributed by atoms with Gasteiger partial charge in [0.15, 0.2) is 0 Å². The fourth-order valence-corrected chi connectivity index (χ4v) is 1.24. The average Bonchev–Trinajstić information content (AvgIpc) is 2.17. The van der Waals surface area contributed by atoms with Crippen LogP contribution in [0.15, 0.2) is 30.3 Å². The molecule has 1 rings (SSSR count). The van der Waals surface area contributed by atoms with Crippen molar-refractivity contribution in [3.8, 4) is 5.75 Å². The molecule has 0 spiro atoms. The molecule has 0 bridgehead atoms. The lowest BCUT2D eigenvalue weighted by Gasteiger charge is -2.20. The zero-order chi connectivity index (χ0) is 11.1. The maximum atomic E-state index is 5.58. The molecule has 1 aromatic carbocycles. The molecule has 0 saturated carbocycles. The molecule has 15 heavy (non-hydrogen) atoms. The summed E-state index contributed by atoms with van der Waals surface area (Å²) in [5.74, 6) is 0.952. The van der Waals surface area contributed by atoms with Crippen molar-refractivity contribution in [2.45, 2.75) is 32.7 Å². The minimum atomic E-state index is 0.201. The van der Waals surface area contributed by atoms with Crippen molar-refractivity contribution in [3.05, 3.63) is 30.3 Å². The molecule has 0 radical (unpaired) electrons. The average molecular weight is 207 g/mol. The molecule has 0 fully saturated rings. The molecular weight excluding hydrogens is 186 g/mol. The van der Waals surface area contributed by atoms with Crippen LogP contribution in [-0.4, -0.2) is 18.7 Å². The zero-order valence-corrected chi connectivity index (χ0v) is 9.92. The highest BCUT2D eigenvalue weighted by Crippen LogP contribution is 2.08. The molecule has 0 aromatic heterocycles. The molecule has 0 saturated heterocycles. The lowest BCUT2D eigenvalue weighted by Crippen LogP contribution is -2.36. The minimum Gasteiger partial charge on any atom is -0.494 e. The fraction of sp³-hybridized carbons (Fsp3) is 0.538. The largest absolute Gasteiger partial charge is 0.494 e. The van der Waals surface area contributed by atoms with Crippen molar-refractivity contribution < 1.29 is 4.74 Å². The Bertz CT molecular complexity index is 264. The summed E-state index contributed by atoms with van der Waals surface area (Å²) < 4.78 is 5.58. The minimum absolute atomic E-state index is 0.201. The van der Waals surface area contributed by atoms with E-state index in [2.05, 4.69) is 26.1 Å². The second-order valence-electron chi connectivity index (χ2n) is 4.69. The van der Waals surface area contributed by atoms with Crippen LogP contribution in [0.2, 0.25) is 0 Å². The van der Waals surface area contributed by atoms with Gasteiger partial charge in [-0.25, -0.2) is 0 Å². The number of nitrogens with one attached hydrogen (secondary N) is 1. The third-order valence-electron chi connectivity index (χ3n) is 1.99. The molecule has 0 amide bonds. The number of ether oxygens (including phenoxy) is 1. The van der Waals surface area contributed by atoms with Gasteiger partial charge in [0.25, 0.3) is 0 Å². The van der Waals surface area contributed by atoms with E-state index in [9.17, 15) is 0 Å². The topological polar surface area (TPSA) is 21.3 Å². The van der Waals surface area contributed by atoms with Gasteiger partial charge in [0.05, 0.1) is 6.61 Å². The van der Waals surface area contributed by atoms with Gasteiger partial charge in [-0.2, -0.15) is 0 Å². The van der Waals surface area contributed by atoms with E-state index in [1.165, 1.54) is 0 Å². The summed E-state index contributed by atoms with van der Waals surface area (Å²) in [4.78, 5) is 0. The van der Waals surface area contributed by atoms with Gasteiger partial charge in [0.1, 0.15) is 5.75 Å². The van der Waals surface area contributed by atoms with Crippen LogP contribution in [0, 0.1) is 0 Å². The van der Waals surface area contributed by atoms with E-state index in [0.717, 1.165) is 25.3 Å². The number of para-hydroxylation sites is 1. The van der Waals surface area contributed by atoms with E-state index < -0.39 is 0 Å². The van der Waals surface area contributed by atoms with Crippen molar-refractivity contribution >= 4 is 0 Å². The SMILES string of the molecule is CC(C)(C)NCCCOc1ccccc1. The van der Waals surface area contributed by atoms with Crippen molar-refractivity contribution in [1.82, 2.24) is 5.32 Å². The van der Waals surface area contributed by atoms with E-state index in [0.29, 0.717) is 0 Å². The second-order valence-corrected chi connectivity index (χ2v) is 4.69. The monoisotopic (exact) mass is 207 g/mol. The van der Waals surface area contributed by atoms with Gasteiger partial charge in [-0.15, -0.1) is 0 Å². The third kappa shape index (κ3) is 6.13. The van der Waals surface area contributed by atoms with Crippen molar-refractivity contribution in [1.29, 1.82) is 0 Å². The van der Waals surface area contributed by atoms with Crippen molar-refractivity contribution in [2.75, 3.05) is 13.2 Å². The molecule has 0 aliphatic heterocycles. The molecule has 1 aromatic rings. The smallest absolute Gasteiger partial charge is 0.119 e. The molecule has 1 N–H and O–H groups in total. The summed E-state index contributed by atoms with van der Waals surface area (Å²) in [5, 5.41) is 3.43. The lowest BCUT2D eigenvalue weighted by atomic mass is 10.1. The quantitative estimate of drug-likeness (QED) is 0.750. The summed E-state index contributed by atoms with van der Waals surface area (Å²) in [6.45, 7) is 8.28. The Labute approximate surface area is 92.6 Å². The van der Waals surface area contributed by atoms with E-state index in [4.69, 9.17) is 4.74 Å². The maximum absolute atomic E-state index is 5.58. The zero-order valence-electron chi connectivity index (χ0n) is 9.92.